The Labute approximate surface area is 92.7 Å². The Morgan fingerprint density at radius 2 is 2.07 bits per heavy atom. The third kappa shape index (κ3) is 3.44. The zero-order valence-electron chi connectivity index (χ0n) is 9.63. The van der Waals surface area contributed by atoms with Gasteiger partial charge in [0, 0.05) is 18.7 Å². The number of hydrogen-bond donors (Lipinski definition) is 2. The van der Waals surface area contributed by atoms with Gasteiger partial charge < -0.3 is 15.8 Å². The van der Waals surface area contributed by atoms with E-state index < -0.39 is 0 Å². The smallest absolute Gasteiger partial charge is 0.0700 e. The van der Waals surface area contributed by atoms with Gasteiger partial charge in [-0.15, -0.1) is 0 Å². The lowest BCUT2D eigenvalue weighted by Crippen LogP contribution is -2.40. The lowest BCUT2D eigenvalue weighted by molar-refractivity contribution is 0.109. The van der Waals surface area contributed by atoms with Crippen LogP contribution in [0.25, 0.3) is 0 Å². The van der Waals surface area contributed by atoms with E-state index in [9.17, 15) is 0 Å². The number of rotatable bonds is 5. The monoisotopic (exact) mass is 212 g/mol. The maximum atomic E-state index is 6.28. The largest absolute Gasteiger partial charge is 0.377 e. The van der Waals surface area contributed by atoms with Crippen LogP contribution >= 0.6 is 0 Å². The van der Waals surface area contributed by atoms with E-state index in [0.29, 0.717) is 6.10 Å². The second kappa shape index (κ2) is 5.28. The fourth-order valence-corrected chi connectivity index (χ4v) is 2.73. The highest BCUT2D eigenvalue weighted by molar-refractivity contribution is 4.89. The van der Waals surface area contributed by atoms with Crippen LogP contribution in [-0.4, -0.2) is 31.3 Å². The van der Waals surface area contributed by atoms with Gasteiger partial charge in [0.2, 0.25) is 0 Å². The minimum atomic E-state index is 0.142. The van der Waals surface area contributed by atoms with E-state index in [4.69, 9.17) is 10.5 Å². The summed E-state index contributed by atoms with van der Waals surface area (Å²) >= 11 is 0. The Morgan fingerprint density at radius 3 is 2.73 bits per heavy atom. The van der Waals surface area contributed by atoms with Crippen molar-refractivity contribution in [2.45, 2.75) is 56.6 Å². The topological polar surface area (TPSA) is 47.3 Å². The van der Waals surface area contributed by atoms with E-state index in [2.05, 4.69) is 5.32 Å². The molecule has 0 bridgehead atoms. The van der Waals surface area contributed by atoms with E-state index in [1.807, 2.05) is 0 Å². The average Bonchev–Trinajstić information content (AvgIpc) is 2.84. The molecule has 1 heterocycles. The minimum Gasteiger partial charge on any atom is -0.377 e. The van der Waals surface area contributed by atoms with Gasteiger partial charge in [0.05, 0.1) is 6.10 Å². The predicted molar refractivity (Wildman–Crippen MR) is 61.8 cm³/mol. The van der Waals surface area contributed by atoms with Crippen LogP contribution in [-0.2, 0) is 4.74 Å². The first kappa shape index (κ1) is 11.4. The Hall–Kier alpha value is -0.120. The van der Waals surface area contributed by atoms with Gasteiger partial charge in [0.1, 0.15) is 0 Å². The second-order valence-corrected chi connectivity index (χ2v) is 5.16. The Balaban J connectivity index is 1.54. The van der Waals surface area contributed by atoms with Gasteiger partial charge in [0.15, 0.2) is 0 Å². The van der Waals surface area contributed by atoms with Crippen LogP contribution in [0.15, 0.2) is 0 Å². The molecule has 2 rings (SSSR count). The summed E-state index contributed by atoms with van der Waals surface area (Å²) < 4.78 is 5.56. The summed E-state index contributed by atoms with van der Waals surface area (Å²) in [4.78, 5) is 0. The summed E-state index contributed by atoms with van der Waals surface area (Å²) in [5, 5.41) is 3.47. The van der Waals surface area contributed by atoms with Crippen LogP contribution in [0.3, 0.4) is 0 Å². The predicted octanol–water partition coefficient (Wildman–Crippen LogP) is 1.42. The summed E-state index contributed by atoms with van der Waals surface area (Å²) in [7, 11) is 0. The van der Waals surface area contributed by atoms with Gasteiger partial charge in [0.25, 0.3) is 0 Å². The Kier molecular flexibility index (Phi) is 4.00. The van der Waals surface area contributed by atoms with Crippen LogP contribution in [0.1, 0.15) is 44.9 Å². The van der Waals surface area contributed by atoms with Gasteiger partial charge in [-0.25, -0.2) is 0 Å². The first-order chi connectivity index (χ1) is 7.29. The van der Waals surface area contributed by atoms with Crippen molar-refractivity contribution in [3.05, 3.63) is 0 Å². The molecule has 3 heteroatoms. The third-order valence-corrected chi connectivity index (χ3v) is 3.80. The van der Waals surface area contributed by atoms with Gasteiger partial charge in [-0.2, -0.15) is 0 Å². The molecule has 3 nitrogen and oxygen atoms in total. The number of ether oxygens (including phenoxy) is 1. The fourth-order valence-electron chi connectivity index (χ4n) is 2.73. The summed E-state index contributed by atoms with van der Waals surface area (Å²) in [5.74, 6) is 0. The van der Waals surface area contributed by atoms with Crippen LogP contribution in [0, 0.1) is 0 Å². The van der Waals surface area contributed by atoms with E-state index in [1.165, 1.54) is 38.5 Å². The van der Waals surface area contributed by atoms with Crippen molar-refractivity contribution in [2.75, 3.05) is 19.7 Å². The standard InChI is InChI=1S/C12H24N2O/c13-12(5-1-2-6-12)7-8-14-10-11-4-3-9-15-11/h11,14H,1-10,13H2. The first-order valence-corrected chi connectivity index (χ1v) is 6.40. The summed E-state index contributed by atoms with van der Waals surface area (Å²) in [6.45, 7) is 3.01. The summed E-state index contributed by atoms with van der Waals surface area (Å²) in [6.07, 6.45) is 9.11. The van der Waals surface area contributed by atoms with Crippen LogP contribution < -0.4 is 11.1 Å². The lowest BCUT2D eigenvalue weighted by Gasteiger charge is -2.23. The maximum Gasteiger partial charge on any atom is 0.0700 e. The third-order valence-electron chi connectivity index (χ3n) is 3.80. The molecule has 2 aliphatic rings. The molecule has 0 spiro atoms. The molecule has 0 aromatic carbocycles. The highest BCUT2D eigenvalue weighted by Gasteiger charge is 2.28. The second-order valence-electron chi connectivity index (χ2n) is 5.16. The van der Waals surface area contributed by atoms with Gasteiger partial charge in [-0.3, -0.25) is 0 Å². The summed E-state index contributed by atoms with van der Waals surface area (Å²) in [6, 6.07) is 0. The van der Waals surface area contributed by atoms with Gasteiger partial charge in [-0.1, -0.05) is 12.8 Å². The molecule has 1 saturated heterocycles. The average molecular weight is 212 g/mol. The highest BCUT2D eigenvalue weighted by Crippen LogP contribution is 2.29. The van der Waals surface area contributed by atoms with Gasteiger partial charge >= 0.3 is 0 Å². The summed E-state index contributed by atoms with van der Waals surface area (Å²) in [5.41, 5.74) is 6.42. The fraction of sp³-hybridized carbons (Fsp3) is 1.00. The van der Waals surface area contributed by atoms with Crippen molar-refractivity contribution < 1.29 is 4.74 Å². The van der Waals surface area contributed by atoms with E-state index in [1.54, 1.807) is 0 Å². The molecule has 0 aromatic heterocycles. The molecule has 0 radical (unpaired) electrons. The molecule has 1 unspecified atom stereocenters. The van der Waals surface area contributed by atoms with Crippen LogP contribution in [0.5, 0.6) is 0 Å². The number of nitrogens with two attached hydrogens (primary N) is 1. The lowest BCUT2D eigenvalue weighted by atomic mass is 9.95. The maximum absolute atomic E-state index is 6.28. The van der Waals surface area contributed by atoms with Crippen molar-refractivity contribution >= 4 is 0 Å². The Bertz CT molecular complexity index is 184. The molecule has 3 N–H and O–H groups in total. The molecule has 15 heavy (non-hydrogen) atoms. The molecule has 1 atom stereocenters. The van der Waals surface area contributed by atoms with E-state index in [-0.39, 0.29) is 5.54 Å². The highest BCUT2D eigenvalue weighted by atomic mass is 16.5. The first-order valence-electron chi connectivity index (χ1n) is 6.40. The molecule has 0 aromatic rings. The minimum absolute atomic E-state index is 0.142. The zero-order valence-corrected chi connectivity index (χ0v) is 9.63. The van der Waals surface area contributed by atoms with Crippen LogP contribution in [0.4, 0.5) is 0 Å². The SMILES string of the molecule is NC1(CCNCC2CCCO2)CCCC1. The number of hydrogen-bond acceptors (Lipinski definition) is 3. The number of nitrogens with one attached hydrogen (secondary N) is 1. The van der Waals surface area contributed by atoms with Crippen LogP contribution in [0.2, 0.25) is 0 Å². The molecule has 1 aliphatic heterocycles. The van der Waals surface area contributed by atoms with Crippen molar-refractivity contribution in [3.8, 4) is 0 Å². The van der Waals surface area contributed by atoms with Crippen molar-refractivity contribution in [1.29, 1.82) is 0 Å². The molecular formula is C12H24N2O. The van der Waals surface area contributed by atoms with Gasteiger partial charge in [-0.05, 0) is 38.6 Å². The normalized spacial score (nSPS) is 29.8. The molecule has 1 saturated carbocycles. The quantitative estimate of drug-likeness (QED) is 0.678. The molecular weight excluding hydrogens is 188 g/mol. The molecule has 2 fully saturated rings. The van der Waals surface area contributed by atoms with Crippen molar-refractivity contribution in [3.63, 3.8) is 0 Å². The molecule has 1 aliphatic carbocycles. The Morgan fingerprint density at radius 1 is 1.27 bits per heavy atom. The van der Waals surface area contributed by atoms with E-state index in [0.717, 1.165) is 26.1 Å². The molecule has 88 valence electrons. The molecule has 0 amide bonds. The van der Waals surface area contributed by atoms with Crippen molar-refractivity contribution in [2.24, 2.45) is 5.73 Å². The van der Waals surface area contributed by atoms with E-state index >= 15 is 0 Å². The van der Waals surface area contributed by atoms with Crippen molar-refractivity contribution in [1.82, 2.24) is 5.32 Å². The zero-order chi connectivity index (χ0) is 10.6.